The lowest BCUT2D eigenvalue weighted by molar-refractivity contribution is -0.116. The van der Waals surface area contributed by atoms with Crippen LogP contribution in [-0.2, 0) is 17.9 Å². The molecule has 0 bridgehead atoms. The van der Waals surface area contributed by atoms with Gasteiger partial charge in [0.15, 0.2) is 15.7 Å². The van der Waals surface area contributed by atoms with Gasteiger partial charge in [-0.25, -0.2) is 4.98 Å². The molecule has 2 N–H and O–H groups in total. The van der Waals surface area contributed by atoms with E-state index in [1.54, 1.807) is 0 Å². The zero-order valence-corrected chi connectivity index (χ0v) is 19.6. The number of nitrogens with zero attached hydrogens (tertiary/aromatic N) is 4. The number of rotatable bonds is 7. The van der Waals surface area contributed by atoms with E-state index in [1.165, 1.54) is 29.7 Å². The third kappa shape index (κ3) is 5.66. The molecular formula is C22H28N6OS2. The Bertz CT molecular complexity index is 1080. The van der Waals surface area contributed by atoms with Crippen molar-refractivity contribution in [2.45, 2.75) is 46.2 Å². The second-order valence-corrected chi connectivity index (χ2v) is 9.52. The number of hydrogen-bond donors (Lipinski definition) is 2. The maximum absolute atomic E-state index is 12.5. The molecule has 0 aliphatic carbocycles. The average molecular weight is 457 g/mol. The predicted octanol–water partition coefficient (Wildman–Crippen LogP) is 4.63. The number of aromatic nitrogens is 4. The van der Waals surface area contributed by atoms with Crippen molar-refractivity contribution in [1.29, 1.82) is 0 Å². The Hall–Kier alpha value is -2.36. The smallest absolute Gasteiger partial charge is 0.227 e. The number of carbonyl (C=O) groups is 1. The number of likely N-dealkylation sites (tertiary alicyclic amines) is 1. The Morgan fingerprint density at radius 1 is 1.29 bits per heavy atom. The highest BCUT2D eigenvalue weighted by Crippen LogP contribution is 2.22. The topological polar surface area (TPSA) is 78.8 Å². The summed E-state index contributed by atoms with van der Waals surface area (Å²) in [6.07, 6.45) is 2.79. The lowest BCUT2D eigenvalue weighted by atomic mass is 9.99. The Morgan fingerprint density at radius 2 is 2.03 bits per heavy atom. The third-order valence-corrected chi connectivity index (χ3v) is 6.81. The molecule has 1 aliphatic rings. The van der Waals surface area contributed by atoms with E-state index in [1.807, 2.05) is 41.1 Å². The van der Waals surface area contributed by atoms with Gasteiger partial charge in [0, 0.05) is 30.5 Å². The summed E-state index contributed by atoms with van der Waals surface area (Å²) in [5.41, 5.74) is 3.17. The number of H-pyrrole nitrogens is 1. The first-order valence-corrected chi connectivity index (χ1v) is 12.0. The highest BCUT2D eigenvalue weighted by atomic mass is 32.1. The predicted molar refractivity (Wildman–Crippen MR) is 127 cm³/mol. The number of aryl methyl sites for hydroxylation is 1. The molecule has 3 aromatic rings. The second kappa shape index (κ2) is 9.84. The monoisotopic (exact) mass is 456 g/mol. The van der Waals surface area contributed by atoms with Crippen LogP contribution in [0.2, 0.25) is 0 Å². The number of anilines is 1. The molecule has 0 radical (unpaired) electrons. The summed E-state index contributed by atoms with van der Waals surface area (Å²) in [6, 6.07) is 8.09. The van der Waals surface area contributed by atoms with Crippen molar-refractivity contribution in [3.63, 3.8) is 0 Å². The number of benzene rings is 1. The van der Waals surface area contributed by atoms with Gasteiger partial charge in [0.05, 0.1) is 5.69 Å². The van der Waals surface area contributed by atoms with Crippen molar-refractivity contribution in [2.24, 2.45) is 5.92 Å². The number of nitrogens with one attached hydrogen (secondary N) is 2. The summed E-state index contributed by atoms with van der Waals surface area (Å²) < 4.78 is 2.38. The van der Waals surface area contributed by atoms with Gasteiger partial charge in [-0.2, -0.15) is 5.10 Å². The van der Waals surface area contributed by atoms with Crippen molar-refractivity contribution >= 4 is 34.6 Å². The molecule has 2 aromatic heterocycles. The second-order valence-electron chi connectivity index (χ2n) is 8.27. The van der Waals surface area contributed by atoms with E-state index >= 15 is 0 Å². The zero-order valence-electron chi connectivity index (χ0n) is 17.9. The van der Waals surface area contributed by atoms with Crippen LogP contribution in [0.1, 0.15) is 37.4 Å². The molecule has 4 rings (SSSR count). The van der Waals surface area contributed by atoms with Crippen molar-refractivity contribution in [2.75, 3.05) is 18.4 Å². The molecule has 7 nitrogen and oxygen atoms in total. The molecule has 0 unspecified atom stereocenters. The highest BCUT2D eigenvalue weighted by Gasteiger charge is 2.17. The first kappa shape index (κ1) is 21.9. The van der Waals surface area contributed by atoms with Gasteiger partial charge in [-0.15, -0.1) is 11.3 Å². The molecule has 1 fully saturated rings. The lowest BCUT2D eigenvalue weighted by Crippen LogP contribution is -2.32. The standard InChI is InChI=1S/C22H28N6OS2/c1-15-3-5-17(6-4-15)20-25-26-22(30)28(20)12-9-19(29)24-21-23-18(14-31-21)13-27-10-7-16(2)8-11-27/h3-6,14,16H,7-13H2,1-2H3,(H,26,30)(H,23,24,29). The van der Waals surface area contributed by atoms with Crippen molar-refractivity contribution < 1.29 is 4.79 Å². The maximum Gasteiger partial charge on any atom is 0.227 e. The Kier molecular flexibility index (Phi) is 6.94. The van der Waals surface area contributed by atoms with Crippen LogP contribution >= 0.6 is 23.6 Å². The molecule has 0 spiro atoms. The molecule has 1 aromatic carbocycles. The van der Waals surface area contributed by atoms with Gasteiger partial charge in [-0.1, -0.05) is 36.8 Å². The first-order chi connectivity index (χ1) is 15.0. The van der Waals surface area contributed by atoms with E-state index in [-0.39, 0.29) is 5.91 Å². The minimum atomic E-state index is -0.0781. The van der Waals surface area contributed by atoms with Gasteiger partial charge in [0.25, 0.3) is 0 Å². The highest BCUT2D eigenvalue weighted by molar-refractivity contribution is 7.71. The molecule has 164 valence electrons. The molecule has 1 amide bonds. The normalized spacial score (nSPS) is 15.3. The minimum Gasteiger partial charge on any atom is -0.302 e. The number of carbonyl (C=O) groups excluding carboxylic acids is 1. The fraction of sp³-hybridized carbons (Fsp3) is 0.455. The summed E-state index contributed by atoms with van der Waals surface area (Å²) in [4.78, 5) is 19.6. The van der Waals surface area contributed by atoms with Crippen LogP contribution in [0.5, 0.6) is 0 Å². The van der Waals surface area contributed by atoms with E-state index in [0.717, 1.165) is 42.6 Å². The number of aromatic amines is 1. The van der Waals surface area contributed by atoms with E-state index in [0.29, 0.717) is 22.9 Å². The summed E-state index contributed by atoms with van der Waals surface area (Å²) in [7, 11) is 0. The van der Waals surface area contributed by atoms with Crippen LogP contribution in [0.3, 0.4) is 0 Å². The number of amides is 1. The molecular weight excluding hydrogens is 428 g/mol. The molecule has 3 heterocycles. The zero-order chi connectivity index (χ0) is 21.8. The van der Waals surface area contributed by atoms with E-state index < -0.39 is 0 Å². The van der Waals surface area contributed by atoms with E-state index in [2.05, 4.69) is 32.3 Å². The summed E-state index contributed by atoms with van der Waals surface area (Å²) in [5, 5.41) is 12.8. The molecule has 0 saturated carbocycles. The largest absolute Gasteiger partial charge is 0.302 e. The van der Waals surface area contributed by atoms with Crippen molar-refractivity contribution in [1.82, 2.24) is 24.6 Å². The SMILES string of the molecule is Cc1ccc(-c2n[nH]c(=S)n2CCC(=O)Nc2nc(CN3CCC(C)CC3)cs2)cc1. The fourth-order valence-corrected chi connectivity index (χ4v) is 4.67. The van der Waals surface area contributed by atoms with Crippen LogP contribution in [0.4, 0.5) is 5.13 Å². The van der Waals surface area contributed by atoms with Crippen LogP contribution in [-0.4, -0.2) is 43.6 Å². The Balaban J connectivity index is 1.32. The minimum absolute atomic E-state index is 0.0781. The molecule has 1 saturated heterocycles. The van der Waals surface area contributed by atoms with Crippen LogP contribution in [0.25, 0.3) is 11.4 Å². The molecule has 9 heteroatoms. The quantitative estimate of drug-likeness (QED) is 0.507. The summed E-state index contributed by atoms with van der Waals surface area (Å²) >= 11 is 6.85. The van der Waals surface area contributed by atoms with Crippen molar-refractivity contribution in [3.8, 4) is 11.4 Å². The van der Waals surface area contributed by atoms with Crippen LogP contribution in [0, 0.1) is 17.6 Å². The van der Waals surface area contributed by atoms with Gasteiger partial charge in [0.1, 0.15) is 0 Å². The molecule has 0 atom stereocenters. The third-order valence-electron chi connectivity index (χ3n) is 5.69. The molecule has 1 aliphatic heterocycles. The van der Waals surface area contributed by atoms with Gasteiger partial charge in [-0.05, 0) is 51.0 Å². The first-order valence-electron chi connectivity index (χ1n) is 10.7. The Morgan fingerprint density at radius 3 is 2.77 bits per heavy atom. The van der Waals surface area contributed by atoms with Gasteiger partial charge in [-0.3, -0.25) is 19.4 Å². The fourth-order valence-electron chi connectivity index (χ4n) is 3.73. The van der Waals surface area contributed by atoms with Crippen molar-refractivity contribution in [3.05, 3.63) is 45.7 Å². The van der Waals surface area contributed by atoms with Gasteiger partial charge >= 0.3 is 0 Å². The number of thiazole rings is 1. The van der Waals surface area contributed by atoms with E-state index in [9.17, 15) is 4.79 Å². The van der Waals surface area contributed by atoms with Crippen LogP contribution in [0.15, 0.2) is 29.6 Å². The van der Waals surface area contributed by atoms with Gasteiger partial charge < -0.3 is 5.32 Å². The molecule has 31 heavy (non-hydrogen) atoms. The average Bonchev–Trinajstić information content (AvgIpc) is 3.35. The number of piperidine rings is 1. The summed E-state index contributed by atoms with van der Waals surface area (Å²) in [5.74, 6) is 1.48. The summed E-state index contributed by atoms with van der Waals surface area (Å²) in [6.45, 7) is 7.90. The maximum atomic E-state index is 12.5. The van der Waals surface area contributed by atoms with Gasteiger partial charge in [0.2, 0.25) is 5.91 Å². The Labute approximate surface area is 191 Å². The number of hydrogen-bond acceptors (Lipinski definition) is 6. The lowest BCUT2D eigenvalue weighted by Gasteiger charge is -2.29. The van der Waals surface area contributed by atoms with Crippen LogP contribution < -0.4 is 5.32 Å². The van der Waals surface area contributed by atoms with E-state index in [4.69, 9.17) is 12.2 Å².